The first-order valence-corrected chi connectivity index (χ1v) is 6.09. The molecule has 0 aliphatic heterocycles. The summed E-state index contributed by atoms with van der Waals surface area (Å²) in [4.78, 5) is 12.0. The van der Waals surface area contributed by atoms with Crippen molar-refractivity contribution in [3.63, 3.8) is 0 Å². The molecular weight excluding hydrogens is 270 g/mol. The zero-order valence-electron chi connectivity index (χ0n) is 10.2. The molecule has 2 aromatic carbocycles. The van der Waals surface area contributed by atoms with E-state index in [9.17, 15) is 13.6 Å². The van der Waals surface area contributed by atoms with E-state index in [0.29, 0.717) is 10.6 Å². The molecule has 0 saturated carbocycles. The number of Topliss-reactive ketones (excluding diaryl/α,β-unsaturated/α-hetero) is 1. The topological polar surface area (TPSA) is 17.1 Å². The van der Waals surface area contributed by atoms with Gasteiger partial charge in [0.25, 0.3) is 0 Å². The van der Waals surface area contributed by atoms with Crippen LogP contribution in [0.1, 0.15) is 21.5 Å². The van der Waals surface area contributed by atoms with Gasteiger partial charge >= 0.3 is 0 Å². The van der Waals surface area contributed by atoms with Crippen molar-refractivity contribution in [2.24, 2.45) is 0 Å². The molecule has 0 atom stereocenters. The van der Waals surface area contributed by atoms with E-state index in [1.165, 1.54) is 6.07 Å². The van der Waals surface area contributed by atoms with Crippen LogP contribution in [0.25, 0.3) is 0 Å². The summed E-state index contributed by atoms with van der Waals surface area (Å²) < 4.78 is 26.9. The smallest absolute Gasteiger partial charge is 0.167 e. The number of ketones is 1. The summed E-state index contributed by atoms with van der Waals surface area (Å²) in [5.74, 6) is -1.76. The predicted octanol–water partition coefficient (Wildman–Crippen LogP) is 4.35. The number of hydrogen-bond donors (Lipinski definition) is 0. The molecule has 0 fully saturated rings. The number of benzene rings is 2. The summed E-state index contributed by atoms with van der Waals surface area (Å²) in [6, 6.07) is 8.31. The minimum absolute atomic E-state index is 0.208. The van der Waals surface area contributed by atoms with Crippen LogP contribution in [-0.4, -0.2) is 5.78 Å². The van der Waals surface area contributed by atoms with E-state index >= 15 is 0 Å². The Morgan fingerprint density at radius 2 is 1.79 bits per heavy atom. The van der Waals surface area contributed by atoms with Crippen LogP contribution in [0.3, 0.4) is 0 Å². The van der Waals surface area contributed by atoms with Crippen molar-refractivity contribution in [3.05, 3.63) is 69.7 Å². The Hall–Kier alpha value is -1.74. The molecule has 0 radical (unpaired) electrons. The van der Waals surface area contributed by atoms with E-state index in [0.717, 1.165) is 17.7 Å². The summed E-state index contributed by atoms with van der Waals surface area (Å²) in [5.41, 5.74) is 0.936. The van der Waals surface area contributed by atoms with Crippen molar-refractivity contribution < 1.29 is 13.6 Å². The average molecular weight is 281 g/mol. The molecule has 0 unspecified atom stereocenters. The van der Waals surface area contributed by atoms with Gasteiger partial charge in [0.1, 0.15) is 11.6 Å². The molecule has 0 saturated heterocycles. The molecule has 0 amide bonds. The fourth-order valence-corrected chi connectivity index (χ4v) is 1.90. The van der Waals surface area contributed by atoms with E-state index < -0.39 is 11.6 Å². The number of hydrogen-bond acceptors (Lipinski definition) is 1. The molecule has 1 nitrogen and oxygen atoms in total. The van der Waals surface area contributed by atoms with Crippen molar-refractivity contribution in [1.29, 1.82) is 0 Å². The first-order valence-electron chi connectivity index (χ1n) is 5.71. The van der Waals surface area contributed by atoms with Gasteiger partial charge in [0.2, 0.25) is 0 Å². The lowest BCUT2D eigenvalue weighted by Crippen LogP contribution is -2.07. The highest BCUT2D eigenvalue weighted by molar-refractivity contribution is 6.31. The van der Waals surface area contributed by atoms with Gasteiger partial charge in [-0.15, -0.1) is 0 Å². The molecular formula is C15H11ClF2O. The Morgan fingerprint density at radius 1 is 1.16 bits per heavy atom. The average Bonchev–Trinajstić information content (AvgIpc) is 2.37. The van der Waals surface area contributed by atoms with Gasteiger partial charge in [0.15, 0.2) is 5.78 Å². The maximum Gasteiger partial charge on any atom is 0.167 e. The Labute approximate surface area is 114 Å². The Balaban J connectivity index is 2.28. The Morgan fingerprint density at radius 3 is 2.37 bits per heavy atom. The second-order valence-corrected chi connectivity index (χ2v) is 4.67. The quantitative estimate of drug-likeness (QED) is 0.764. The SMILES string of the molecule is Cc1cc(C(=O)Cc2c(F)cccc2F)ccc1Cl. The second-order valence-electron chi connectivity index (χ2n) is 4.26. The van der Waals surface area contributed by atoms with Gasteiger partial charge in [-0.3, -0.25) is 4.79 Å². The zero-order chi connectivity index (χ0) is 14.0. The van der Waals surface area contributed by atoms with Crippen molar-refractivity contribution >= 4 is 17.4 Å². The summed E-state index contributed by atoms with van der Waals surface area (Å²) in [6.45, 7) is 1.77. The largest absolute Gasteiger partial charge is 0.294 e. The van der Waals surface area contributed by atoms with Crippen LogP contribution in [0.15, 0.2) is 36.4 Å². The minimum Gasteiger partial charge on any atom is -0.294 e. The molecule has 19 heavy (non-hydrogen) atoms. The zero-order valence-corrected chi connectivity index (χ0v) is 11.0. The summed E-state index contributed by atoms with van der Waals surface area (Å²) in [7, 11) is 0. The monoisotopic (exact) mass is 280 g/mol. The van der Waals surface area contributed by atoms with Crippen molar-refractivity contribution in [2.75, 3.05) is 0 Å². The van der Waals surface area contributed by atoms with E-state index in [1.54, 1.807) is 25.1 Å². The molecule has 0 spiro atoms. The maximum atomic E-state index is 13.5. The van der Waals surface area contributed by atoms with Crippen LogP contribution in [0, 0.1) is 18.6 Å². The first kappa shape index (κ1) is 13.7. The minimum atomic E-state index is -0.709. The molecule has 0 bridgehead atoms. The first-order chi connectivity index (χ1) is 8.99. The van der Waals surface area contributed by atoms with Crippen LogP contribution < -0.4 is 0 Å². The van der Waals surface area contributed by atoms with Gasteiger partial charge in [-0.1, -0.05) is 17.7 Å². The van der Waals surface area contributed by atoms with Crippen molar-refractivity contribution in [2.45, 2.75) is 13.3 Å². The van der Waals surface area contributed by atoms with Crippen LogP contribution in [0.5, 0.6) is 0 Å². The van der Waals surface area contributed by atoms with Gasteiger partial charge in [-0.25, -0.2) is 8.78 Å². The third-order valence-corrected chi connectivity index (χ3v) is 3.30. The molecule has 4 heteroatoms. The molecule has 0 aliphatic rings. The lowest BCUT2D eigenvalue weighted by molar-refractivity contribution is 0.0990. The summed E-state index contributed by atoms with van der Waals surface area (Å²) in [5, 5.41) is 0.550. The highest BCUT2D eigenvalue weighted by Crippen LogP contribution is 2.19. The number of carbonyl (C=O) groups is 1. The van der Waals surface area contributed by atoms with E-state index in [4.69, 9.17) is 11.6 Å². The molecule has 0 aromatic heterocycles. The molecule has 2 aromatic rings. The van der Waals surface area contributed by atoms with Gasteiger partial charge in [0, 0.05) is 22.6 Å². The highest BCUT2D eigenvalue weighted by Gasteiger charge is 2.14. The third kappa shape index (κ3) is 2.99. The van der Waals surface area contributed by atoms with E-state index in [2.05, 4.69) is 0 Å². The van der Waals surface area contributed by atoms with Crippen LogP contribution in [0.4, 0.5) is 8.78 Å². The normalized spacial score (nSPS) is 10.5. The summed E-state index contributed by atoms with van der Waals surface area (Å²) >= 11 is 5.86. The van der Waals surface area contributed by atoms with Gasteiger partial charge in [-0.2, -0.15) is 0 Å². The molecule has 0 aliphatic carbocycles. The number of aryl methyl sites for hydroxylation is 1. The lowest BCUT2D eigenvalue weighted by atomic mass is 10.0. The van der Waals surface area contributed by atoms with Gasteiger partial charge in [0.05, 0.1) is 0 Å². The fraction of sp³-hybridized carbons (Fsp3) is 0.133. The lowest BCUT2D eigenvalue weighted by Gasteiger charge is -2.06. The van der Waals surface area contributed by atoms with Gasteiger partial charge in [-0.05, 0) is 42.8 Å². The third-order valence-electron chi connectivity index (χ3n) is 2.88. The molecule has 0 N–H and O–H groups in total. The number of rotatable bonds is 3. The Bertz CT molecular complexity index is 618. The number of halogens is 3. The van der Waals surface area contributed by atoms with Crippen LogP contribution in [-0.2, 0) is 6.42 Å². The predicted molar refractivity (Wildman–Crippen MR) is 70.6 cm³/mol. The Kier molecular flexibility index (Phi) is 3.96. The molecule has 0 heterocycles. The second kappa shape index (κ2) is 5.49. The van der Waals surface area contributed by atoms with E-state index in [1.807, 2.05) is 0 Å². The number of carbonyl (C=O) groups excluding carboxylic acids is 1. The van der Waals surface area contributed by atoms with Crippen LogP contribution >= 0.6 is 11.6 Å². The molecule has 98 valence electrons. The standard InChI is InChI=1S/C15H11ClF2O/c1-9-7-10(5-6-12(9)16)15(19)8-11-13(17)3-2-4-14(11)18/h2-7H,8H2,1H3. The molecule has 2 rings (SSSR count). The highest BCUT2D eigenvalue weighted by atomic mass is 35.5. The van der Waals surface area contributed by atoms with Crippen molar-refractivity contribution in [3.8, 4) is 0 Å². The fourth-order valence-electron chi connectivity index (χ4n) is 1.78. The van der Waals surface area contributed by atoms with Gasteiger partial charge < -0.3 is 0 Å². The maximum absolute atomic E-state index is 13.5. The van der Waals surface area contributed by atoms with E-state index in [-0.39, 0.29) is 17.8 Å². The van der Waals surface area contributed by atoms with Crippen LogP contribution in [0.2, 0.25) is 5.02 Å². The van der Waals surface area contributed by atoms with Crippen molar-refractivity contribution in [1.82, 2.24) is 0 Å². The summed E-state index contributed by atoms with van der Waals surface area (Å²) in [6.07, 6.45) is -0.306.